The number of nitrogens with one attached hydrogen (secondary N) is 1. The van der Waals surface area contributed by atoms with Crippen LogP contribution in [0.5, 0.6) is 0 Å². The highest BCUT2D eigenvalue weighted by Crippen LogP contribution is 2.36. The van der Waals surface area contributed by atoms with Gasteiger partial charge in [-0.1, -0.05) is 60.7 Å². The molecule has 2 aromatic rings. The molecule has 2 heterocycles. The van der Waals surface area contributed by atoms with Crippen LogP contribution < -0.4 is 5.32 Å². The minimum Gasteiger partial charge on any atom is -0.467 e. The first-order valence-electron chi connectivity index (χ1n) is 11.6. The van der Waals surface area contributed by atoms with Crippen LogP contribution in [0.15, 0.2) is 60.7 Å². The first kappa shape index (κ1) is 25.3. The molecule has 2 aliphatic rings. The van der Waals surface area contributed by atoms with Crippen LogP contribution in [0.25, 0.3) is 0 Å². The first-order valence-corrected chi connectivity index (χ1v) is 11.6. The third kappa shape index (κ3) is 6.25. The van der Waals surface area contributed by atoms with Crippen molar-refractivity contribution < 1.29 is 38.0 Å². The Hall–Kier alpha value is -2.82. The van der Waals surface area contributed by atoms with Gasteiger partial charge >= 0.3 is 5.97 Å². The summed E-state index contributed by atoms with van der Waals surface area (Å²) < 4.78 is 35.6. The molecule has 0 aliphatic carbocycles. The van der Waals surface area contributed by atoms with E-state index in [0.717, 1.165) is 11.1 Å². The number of rotatable bonds is 8. The van der Waals surface area contributed by atoms with Crippen molar-refractivity contribution in [1.82, 2.24) is 5.32 Å². The molecule has 2 aliphatic heterocycles. The molecule has 1 amide bonds. The fourth-order valence-corrected chi connectivity index (χ4v) is 4.25. The summed E-state index contributed by atoms with van der Waals surface area (Å²) in [6.45, 7) is 3.47. The van der Waals surface area contributed by atoms with Crippen LogP contribution in [0.2, 0.25) is 0 Å². The van der Waals surface area contributed by atoms with Gasteiger partial charge in [0.15, 0.2) is 18.7 Å². The van der Waals surface area contributed by atoms with Crippen molar-refractivity contribution in [1.29, 1.82) is 0 Å². The number of amides is 1. The second-order valence-electron chi connectivity index (χ2n) is 8.51. The van der Waals surface area contributed by atoms with E-state index in [1.165, 1.54) is 14.0 Å². The van der Waals surface area contributed by atoms with Crippen LogP contribution >= 0.6 is 0 Å². The molecule has 2 aromatic carbocycles. The highest BCUT2D eigenvalue weighted by atomic mass is 16.8. The smallest absolute Gasteiger partial charge is 0.334 e. The summed E-state index contributed by atoms with van der Waals surface area (Å²) in [5.41, 5.74) is 1.78. The average Bonchev–Trinajstić information content (AvgIpc) is 2.89. The van der Waals surface area contributed by atoms with Gasteiger partial charge in [-0.05, 0) is 12.5 Å². The maximum Gasteiger partial charge on any atom is 0.334 e. The summed E-state index contributed by atoms with van der Waals surface area (Å²) in [5, 5.41) is 2.88. The Morgan fingerprint density at radius 3 is 2.40 bits per heavy atom. The molecule has 0 radical (unpaired) electrons. The lowest BCUT2D eigenvalue weighted by Gasteiger charge is -2.49. The topological polar surface area (TPSA) is 102 Å². The SMILES string of the molecule is COC(=O)[C@@H](C)O[C@@H]1C(NC(C)=O)[C@@H](OCc2ccccc2)OC2COC(c3ccccc3)O[C@H]21. The van der Waals surface area contributed by atoms with Gasteiger partial charge in [-0.3, -0.25) is 4.79 Å². The summed E-state index contributed by atoms with van der Waals surface area (Å²) in [6, 6.07) is 18.4. The lowest BCUT2D eigenvalue weighted by atomic mass is 9.95. The Balaban J connectivity index is 1.60. The van der Waals surface area contributed by atoms with E-state index in [2.05, 4.69) is 5.32 Å². The Bertz CT molecular complexity index is 972. The molecule has 188 valence electrons. The molecule has 2 saturated heterocycles. The van der Waals surface area contributed by atoms with Gasteiger partial charge in [-0.15, -0.1) is 0 Å². The molecular weight excluding hydrogens is 454 g/mol. The minimum absolute atomic E-state index is 0.217. The van der Waals surface area contributed by atoms with Crippen molar-refractivity contribution in [3.8, 4) is 0 Å². The molecule has 0 aromatic heterocycles. The second-order valence-corrected chi connectivity index (χ2v) is 8.51. The number of methoxy groups -OCH3 is 1. The maximum atomic E-state index is 12.2. The van der Waals surface area contributed by atoms with E-state index < -0.39 is 49.0 Å². The molecule has 0 saturated carbocycles. The maximum absolute atomic E-state index is 12.2. The quantitative estimate of drug-likeness (QED) is 0.569. The number of ether oxygens (including phenoxy) is 6. The summed E-state index contributed by atoms with van der Waals surface area (Å²) in [5.74, 6) is -0.834. The number of carbonyl (C=O) groups excluding carboxylic acids is 2. The van der Waals surface area contributed by atoms with E-state index >= 15 is 0 Å². The van der Waals surface area contributed by atoms with E-state index in [9.17, 15) is 9.59 Å². The third-order valence-electron chi connectivity index (χ3n) is 5.93. The highest BCUT2D eigenvalue weighted by molar-refractivity contribution is 5.74. The average molecular weight is 486 g/mol. The van der Waals surface area contributed by atoms with Crippen LogP contribution in [-0.4, -0.2) is 62.3 Å². The Kier molecular flexibility index (Phi) is 8.48. The highest BCUT2D eigenvalue weighted by Gasteiger charge is 2.52. The Labute approximate surface area is 204 Å². The van der Waals surface area contributed by atoms with Gasteiger partial charge in [0, 0.05) is 12.5 Å². The molecule has 0 spiro atoms. The summed E-state index contributed by atoms with van der Waals surface area (Å²) in [7, 11) is 1.29. The van der Waals surface area contributed by atoms with Crippen molar-refractivity contribution in [2.45, 2.75) is 63.5 Å². The predicted octanol–water partition coefficient (Wildman–Crippen LogP) is 2.49. The van der Waals surface area contributed by atoms with Crippen LogP contribution in [-0.2, 0) is 44.6 Å². The standard InChI is InChI=1S/C26H31NO8/c1-16(24(29)30-3)33-23-21(27-17(2)28)26(31-14-18-10-6-4-7-11-18)34-20-15-32-25(35-22(20)23)19-12-8-5-9-13-19/h4-13,16,20-23,25-26H,14-15H2,1-3H3,(H,27,28)/t16-,20?,21?,22-,23-,25?,26+/m1/s1. The molecule has 2 fully saturated rings. The molecule has 9 heteroatoms. The number of esters is 1. The van der Waals surface area contributed by atoms with Gasteiger partial charge in [0.2, 0.25) is 5.91 Å². The van der Waals surface area contributed by atoms with E-state index in [4.69, 9.17) is 28.4 Å². The minimum atomic E-state index is -0.906. The van der Waals surface area contributed by atoms with Crippen molar-refractivity contribution in [3.05, 3.63) is 71.8 Å². The zero-order chi connectivity index (χ0) is 24.8. The van der Waals surface area contributed by atoms with Crippen LogP contribution in [0.4, 0.5) is 0 Å². The lowest BCUT2D eigenvalue weighted by molar-refractivity contribution is -0.352. The van der Waals surface area contributed by atoms with Gasteiger partial charge in [-0.25, -0.2) is 4.79 Å². The molecule has 3 unspecified atom stereocenters. The molecule has 0 bridgehead atoms. The molecule has 35 heavy (non-hydrogen) atoms. The number of hydrogen-bond donors (Lipinski definition) is 1. The zero-order valence-corrected chi connectivity index (χ0v) is 20.0. The van der Waals surface area contributed by atoms with E-state index in [1.807, 2.05) is 60.7 Å². The van der Waals surface area contributed by atoms with Gasteiger partial charge < -0.3 is 33.7 Å². The van der Waals surface area contributed by atoms with Gasteiger partial charge in [0.25, 0.3) is 0 Å². The molecular formula is C26H31NO8. The molecule has 4 rings (SSSR count). The van der Waals surface area contributed by atoms with E-state index in [1.54, 1.807) is 6.92 Å². The van der Waals surface area contributed by atoms with Crippen LogP contribution in [0, 0.1) is 0 Å². The van der Waals surface area contributed by atoms with E-state index in [0.29, 0.717) is 0 Å². The molecule has 9 nitrogen and oxygen atoms in total. The fourth-order valence-electron chi connectivity index (χ4n) is 4.25. The van der Waals surface area contributed by atoms with Crippen LogP contribution in [0.1, 0.15) is 31.3 Å². The Morgan fingerprint density at radius 1 is 1.06 bits per heavy atom. The number of hydrogen-bond acceptors (Lipinski definition) is 8. The van der Waals surface area contributed by atoms with Crippen LogP contribution in [0.3, 0.4) is 0 Å². The lowest BCUT2D eigenvalue weighted by Crippen LogP contribution is -2.68. The monoisotopic (exact) mass is 485 g/mol. The second kappa shape index (κ2) is 11.7. The third-order valence-corrected chi connectivity index (χ3v) is 5.93. The summed E-state index contributed by atoms with van der Waals surface area (Å²) in [4.78, 5) is 24.4. The zero-order valence-electron chi connectivity index (χ0n) is 20.0. The van der Waals surface area contributed by atoms with E-state index in [-0.39, 0.29) is 19.1 Å². The van der Waals surface area contributed by atoms with Crippen molar-refractivity contribution in [2.75, 3.05) is 13.7 Å². The summed E-state index contributed by atoms with van der Waals surface area (Å²) >= 11 is 0. The van der Waals surface area contributed by atoms with Crippen molar-refractivity contribution >= 4 is 11.9 Å². The van der Waals surface area contributed by atoms with Gasteiger partial charge in [-0.2, -0.15) is 0 Å². The number of fused-ring (bicyclic) bond motifs is 1. The predicted molar refractivity (Wildman–Crippen MR) is 124 cm³/mol. The number of carbonyl (C=O) groups is 2. The summed E-state index contributed by atoms with van der Waals surface area (Å²) in [6.07, 6.45) is -4.39. The number of benzene rings is 2. The van der Waals surface area contributed by atoms with Crippen molar-refractivity contribution in [2.24, 2.45) is 0 Å². The molecule has 1 N–H and O–H groups in total. The van der Waals surface area contributed by atoms with Crippen molar-refractivity contribution in [3.63, 3.8) is 0 Å². The largest absolute Gasteiger partial charge is 0.467 e. The van der Waals surface area contributed by atoms with Gasteiger partial charge in [0.1, 0.15) is 24.4 Å². The normalized spacial score (nSPS) is 29.0. The fraction of sp³-hybridized carbons (Fsp3) is 0.462. The first-order chi connectivity index (χ1) is 17.0. The molecule has 7 atom stereocenters. The Morgan fingerprint density at radius 2 is 1.74 bits per heavy atom. The van der Waals surface area contributed by atoms with Gasteiger partial charge in [0.05, 0.1) is 20.3 Å².